The van der Waals surface area contributed by atoms with Gasteiger partial charge in [0.05, 0.1) is 0 Å². The third kappa shape index (κ3) is 6.55. The molecule has 0 aliphatic carbocycles. The maximum atomic E-state index is 13.3. The van der Waals surface area contributed by atoms with E-state index in [2.05, 4.69) is 22.4 Å². The minimum atomic E-state index is -0.671. The Kier molecular flexibility index (Phi) is 7.99. The highest BCUT2D eigenvalue weighted by Gasteiger charge is 2.38. The fourth-order valence-corrected chi connectivity index (χ4v) is 3.52. The average molecular weight is 385 g/mol. The van der Waals surface area contributed by atoms with Crippen LogP contribution >= 0.6 is 11.3 Å². The fraction of sp³-hybridized carbons (Fsp3) is 0.778. The molecule has 1 aromatic heterocycles. The molecule has 0 bridgehead atoms. The van der Waals surface area contributed by atoms with Gasteiger partial charge in [-0.1, -0.05) is 38.0 Å². The number of hydrogen-bond acceptors (Lipinski definition) is 6. The summed E-state index contributed by atoms with van der Waals surface area (Å²) in [4.78, 5) is 27.2. The van der Waals surface area contributed by atoms with Crippen LogP contribution in [0.2, 0.25) is 0 Å². The molecule has 0 radical (unpaired) electrons. The van der Waals surface area contributed by atoms with Crippen LogP contribution in [-0.2, 0) is 9.53 Å². The molecular weight excluding hydrogens is 352 g/mol. The van der Waals surface area contributed by atoms with Crippen LogP contribution in [0, 0.1) is 0 Å². The van der Waals surface area contributed by atoms with Gasteiger partial charge in [-0.25, -0.2) is 4.79 Å². The fourth-order valence-electron chi connectivity index (χ4n) is 2.79. The maximum absolute atomic E-state index is 13.3. The van der Waals surface area contributed by atoms with Crippen LogP contribution in [-0.4, -0.2) is 39.4 Å². The first-order valence-corrected chi connectivity index (χ1v) is 9.99. The maximum Gasteiger partial charge on any atom is 0.408 e. The molecule has 0 aromatic carbocycles. The van der Waals surface area contributed by atoms with Crippen molar-refractivity contribution in [3.05, 3.63) is 5.51 Å². The summed E-state index contributed by atoms with van der Waals surface area (Å²) in [7, 11) is 0. The number of rotatable bonds is 8. The van der Waals surface area contributed by atoms with E-state index in [1.165, 1.54) is 11.3 Å². The van der Waals surface area contributed by atoms with Gasteiger partial charge in [-0.3, -0.25) is 9.69 Å². The number of aromatic nitrogens is 2. The van der Waals surface area contributed by atoms with Gasteiger partial charge >= 0.3 is 6.09 Å². The Bertz CT molecular complexity index is 582. The number of nitrogens with zero attached hydrogens (tertiary/aromatic N) is 3. The largest absolute Gasteiger partial charge is 0.444 e. The monoisotopic (exact) mass is 384 g/mol. The van der Waals surface area contributed by atoms with Gasteiger partial charge in [0.2, 0.25) is 5.13 Å². The second-order valence-electron chi connectivity index (χ2n) is 7.94. The van der Waals surface area contributed by atoms with E-state index in [0.29, 0.717) is 11.6 Å². The van der Waals surface area contributed by atoms with Crippen LogP contribution in [0.3, 0.4) is 0 Å². The molecule has 1 atom stereocenters. The highest BCUT2D eigenvalue weighted by atomic mass is 32.1. The van der Waals surface area contributed by atoms with E-state index in [9.17, 15) is 9.59 Å². The van der Waals surface area contributed by atoms with Gasteiger partial charge in [-0.2, -0.15) is 0 Å². The lowest BCUT2D eigenvalue weighted by Gasteiger charge is -2.38. The molecule has 0 saturated carbocycles. The standard InChI is InChI=1S/C18H32N4O3S/c1-8-10-13(20-16(24)25-17(3,4)5)14(23)22(15-21-19-12-26-15)18(6,7)11-9-2/h12-13H,8-11H2,1-7H3,(H,20,24). The minimum absolute atomic E-state index is 0.187. The molecule has 8 heteroatoms. The molecule has 0 aliphatic rings. The van der Waals surface area contributed by atoms with Crippen molar-refractivity contribution < 1.29 is 14.3 Å². The third-order valence-corrected chi connectivity index (χ3v) is 4.47. The number of carbonyl (C=O) groups is 2. The van der Waals surface area contributed by atoms with E-state index in [-0.39, 0.29) is 5.91 Å². The first-order valence-electron chi connectivity index (χ1n) is 9.11. The highest BCUT2D eigenvalue weighted by molar-refractivity contribution is 7.13. The van der Waals surface area contributed by atoms with Crippen LogP contribution < -0.4 is 10.2 Å². The second kappa shape index (κ2) is 9.30. The van der Waals surface area contributed by atoms with Crippen molar-refractivity contribution in [1.82, 2.24) is 15.5 Å². The Labute approximate surface area is 160 Å². The number of carbonyl (C=O) groups excluding carboxylic acids is 2. The Hall–Kier alpha value is -1.70. The zero-order valence-corrected chi connectivity index (χ0v) is 17.8. The van der Waals surface area contributed by atoms with Crippen molar-refractivity contribution in [2.45, 2.75) is 91.3 Å². The van der Waals surface area contributed by atoms with Gasteiger partial charge in [0.15, 0.2) is 0 Å². The van der Waals surface area contributed by atoms with Crippen LogP contribution in [0.15, 0.2) is 5.51 Å². The lowest BCUT2D eigenvalue weighted by Crippen LogP contribution is -2.56. The van der Waals surface area contributed by atoms with Gasteiger partial charge in [-0.15, -0.1) is 10.2 Å². The van der Waals surface area contributed by atoms with E-state index < -0.39 is 23.3 Å². The van der Waals surface area contributed by atoms with Gasteiger partial charge in [0.1, 0.15) is 17.2 Å². The number of amides is 2. The molecule has 0 spiro atoms. The summed E-state index contributed by atoms with van der Waals surface area (Å²) in [5, 5.41) is 11.3. The van der Waals surface area contributed by atoms with E-state index in [4.69, 9.17) is 4.74 Å². The van der Waals surface area contributed by atoms with E-state index in [1.54, 1.807) is 31.2 Å². The molecule has 26 heavy (non-hydrogen) atoms. The summed E-state index contributed by atoms with van der Waals surface area (Å²) >= 11 is 1.32. The van der Waals surface area contributed by atoms with Crippen LogP contribution in [0.25, 0.3) is 0 Å². The van der Waals surface area contributed by atoms with Crippen molar-refractivity contribution in [3.8, 4) is 0 Å². The summed E-state index contributed by atoms with van der Waals surface area (Å²) in [5.74, 6) is -0.187. The number of ether oxygens (including phenoxy) is 1. The summed E-state index contributed by atoms with van der Waals surface area (Å²) in [6.45, 7) is 13.4. The predicted molar refractivity (Wildman–Crippen MR) is 104 cm³/mol. The zero-order chi connectivity index (χ0) is 20.0. The van der Waals surface area contributed by atoms with Crippen molar-refractivity contribution in [3.63, 3.8) is 0 Å². The smallest absolute Gasteiger partial charge is 0.408 e. The number of alkyl carbamates (subject to hydrolysis) is 1. The topological polar surface area (TPSA) is 84.4 Å². The summed E-state index contributed by atoms with van der Waals surface area (Å²) < 4.78 is 5.32. The summed E-state index contributed by atoms with van der Waals surface area (Å²) in [6.07, 6.45) is 2.42. The summed E-state index contributed by atoms with van der Waals surface area (Å²) in [6, 6.07) is -0.671. The Morgan fingerprint density at radius 1 is 1.23 bits per heavy atom. The molecule has 0 fully saturated rings. The number of hydrogen-bond donors (Lipinski definition) is 1. The van der Waals surface area contributed by atoms with Crippen molar-refractivity contribution in [1.29, 1.82) is 0 Å². The van der Waals surface area contributed by atoms with Gasteiger partial charge < -0.3 is 10.1 Å². The van der Waals surface area contributed by atoms with E-state index in [0.717, 1.165) is 19.3 Å². The molecule has 1 rings (SSSR count). The molecule has 1 unspecified atom stereocenters. The molecule has 7 nitrogen and oxygen atoms in total. The van der Waals surface area contributed by atoms with Crippen molar-refractivity contribution in [2.75, 3.05) is 4.90 Å². The van der Waals surface area contributed by atoms with Crippen molar-refractivity contribution >= 4 is 28.5 Å². The quantitative estimate of drug-likeness (QED) is 0.728. The molecule has 2 amide bonds. The van der Waals surface area contributed by atoms with E-state index in [1.807, 2.05) is 20.8 Å². The van der Waals surface area contributed by atoms with Crippen LogP contribution in [0.5, 0.6) is 0 Å². The molecule has 0 saturated heterocycles. The molecule has 1 aromatic rings. The van der Waals surface area contributed by atoms with Crippen molar-refractivity contribution in [2.24, 2.45) is 0 Å². The SMILES string of the molecule is CCCC(NC(=O)OC(C)(C)C)C(=O)N(c1nncs1)C(C)(C)CCC. The normalized spacial score (nSPS) is 13.2. The predicted octanol–water partition coefficient (Wildman–Crippen LogP) is 4.14. The Morgan fingerprint density at radius 3 is 2.35 bits per heavy atom. The first-order chi connectivity index (χ1) is 12.0. The molecule has 148 valence electrons. The van der Waals surface area contributed by atoms with Gasteiger partial charge in [0, 0.05) is 5.54 Å². The average Bonchev–Trinajstić information content (AvgIpc) is 2.98. The highest BCUT2D eigenvalue weighted by Crippen LogP contribution is 2.30. The lowest BCUT2D eigenvalue weighted by atomic mass is 9.95. The lowest BCUT2D eigenvalue weighted by molar-refractivity contribution is -0.122. The number of anilines is 1. The minimum Gasteiger partial charge on any atom is -0.444 e. The number of nitrogens with one attached hydrogen (secondary N) is 1. The summed E-state index contributed by atoms with van der Waals surface area (Å²) in [5.41, 5.74) is 0.547. The molecule has 0 aliphatic heterocycles. The first kappa shape index (κ1) is 22.3. The zero-order valence-electron chi connectivity index (χ0n) is 17.0. The van der Waals surface area contributed by atoms with Crippen LogP contribution in [0.1, 0.15) is 74.1 Å². The Morgan fingerprint density at radius 2 is 1.88 bits per heavy atom. The van der Waals surface area contributed by atoms with Gasteiger partial charge in [0.25, 0.3) is 5.91 Å². The molecule has 1 heterocycles. The molecular formula is C18H32N4O3S. The Balaban J connectivity index is 3.09. The van der Waals surface area contributed by atoms with Crippen LogP contribution in [0.4, 0.5) is 9.93 Å². The molecule has 1 N–H and O–H groups in total. The van der Waals surface area contributed by atoms with Gasteiger partial charge in [-0.05, 0) is 47.5 Å². The third-order valence-electron chi connectivity index (χ3n) is 3.79. The second-order valence-corrected chi connectivity index (χ2v) is 8.76. The van der Waals surface area contributed by atoms with E-state index >= 15 is 0 Å².